The molecule has 3 heteroatoms. The van der Waals surface area contributed by atoms with Gasteiger partial charge in [-0.2, -0.15) is 0 Å². The number of halogens is 1. The molecule has 2 rings (SSSR count). The Labute approximate surface area is 89.1 Å². The molecule has 1 heterocycles. The van der Waals surface area contributed by atoms with Gasteiger partial charge in [0.1, 0.15) is 5.82 Å². The molecule has 82 valence electrons. The Kier molecular flexibility index (Phi) is 3.03. The topological polar surface area (TPSA) is 32.3 Å². The van der Waals surface area contributed by atoms with Crippen LogP contribution >= 0.6 is 0 Å². The van der Waals surface area contributed by atoms with Gasteiger partial charge in [0.2, 0.25) is 0 Å². The van der Waals surface area contributed by atoms with Crippen molar-refractivity contribution in [2.24, 2.45) is 0 Å². The molecule has 2 nitrogen and oxygen atoms in total. The van der Waals surface area contributed by atoms with E-state index in [1.165, 1.54) is 12.1 Å². The second-order valence-electron chi connectivity index (χ2n) is 4.19. The van der Waals surface area contributed by atoms with Crippen LogP contribution in [0.15, 0.2) is 18.2 Å². The quantitative estimate of drug-likeness (QED) is 0.740. The van der Waals surface area contributed by atoms with Crippen molar-refractivity contribution < 1.29 is 9.50 Å². The standard InChI is InChI=1S/C12H16FNO/c1-8-6-9(13)2-3-11(8)12-7-10(15)4-5-14-12/h2-3,6,10,12,14-15H,4-5,7H2,1H3. The third-order valence-electron chi connectivity index (χ3n) is 2.98. The van der Waals surface area contributed by atoms with Gasteiger partial charge in [-0.3, -0.25) is 0 Å². The summed E-state index contributed by atoms with van der Waals surface area (Å²) in [5, 5.41) is 12.9. The van der Waals surface area contributed by atoms with Gasteiger partial charge in [0.05, 0.1) is 6.10 Å². The lowest BCUT2D eigenvalue weighted by Gasteiger charge is -2.28. The average molecular weight is 209 g/mol. The van der Waals surface area contributed by atoms with Crippen LogP contribution in [0.4, 0.5) is 4.39 Å². The number of rotatable bonds is 1. The maximum atomic E-state index is 12.9. The van der Waals surface area contributed by atoms with E-state index in [1.54, 1.807) is 6.07 Å². The molecular formula is C12H16FNO. The highest BCUT2D eigenvalue weighted by molar-refractivity contribution is 5.29. The largest absolute Gasteiger partial charge is 0.393 e. The minimum Gasteiger partial charge on any atom is -0.393 e. The lowest BCUT2D eigenvalue weighted by Crippen LogP contribution is -2.34. The molecule has 2 atom stereocenters. The molecule has 0 radical (unpaired) electrons. The number of benzene rings is 1. The van der Waals surface area contributed by atoms with Gasteiger partial charge in [-0.25, -0.2) is 4.39 Å². The summed E-state index contributed by atoms with van der Waals surface area (Å²) in [6.45, 7) is 2.73. The maximum absolute atomic E-state index is 12.9. The first-order valence-electron chi connectivity index (χ1n) is 5.34. The summed E-state index contributed by atoms with van der Waals surface area (Å²) in [6, 6.07) is 4.98. The third kappa shape index (κ3) is 2.36. The summed E-state index contributed by atoms with van der Waals surface area (Å²) in [5.74, 6) is -0.201. The van der Waals surface area contributed by atoms with Gasteiger partial charge >= 0.3 is 0 Å². The fourth-order valence-electron chi connectivity index (χ4n) is 2.16. The normalized spacial score (nSPS) is 26.6. The van der Waals surface area contributed by atoms with Crippen molar-refractivity contribution in [1.29, 1.82) is 0 Å². The first kappa shape index (κ1) is 10.6. The zero-order valence-corrected chi connectivity index (χ0v) is 8.83. The van der Waals surface area contributed by atoms with Gasteiger partial charge in [0.25, 0.3) is 0 Å². The minimum atomic E-state index is -0.235. The summed E-state index contributed by atoms with van der Waals surface area (Å²) >= 11 is 0. The Morgan fingerprint density at radius 3 is 2.93 bits per heavy atom. The van der Waals surface area contributed by atoms with Crippen molar-refractivity contribution in [2.75, 3.05) is 6.54 Å². The highest BCUT2D eigenvalue weighted by Gasteiger charge is 2.21. The molecule has 1 aromatic carbocycles. The van der Waals surface area contributed by atoms with E-state index in [-0.39, 0.29) is 18.0 Å². The summed E-state index contributed by atoms with van der Waals surface area (Å²) in [5.41, 5.74) is 2.04. The van der Waals surface area contributed by atoms with Crippen LogP contribution in [-0.4, -0.2) is 17.8 Å². The molecule has 1 aliphatic rings. The second kappa shape index (κ2) is 4.29. The Hall–Kier alpha value is -0.930. The van der Waals surface area contributed by atoms with E-state index in [9.17, 15) is 9.50 Å². The van der Waals surface area contributed by atoms with Crippen LogP contribution in [0.2, 0.25) is 0 Å². The van der Waals surface area contributed by atoms with E-state index >= 15 is 0 Å². The molecule has 0 saturated carbocycles. The molecule has 1 aliphatic heterocycles. The van der Waals surface area contributed by atoms with Crippen LogP contribution in [0.1, 0.15) is 30.0 Å². The lowest BCUT2D eigenvalue weighted by atomic mass is 9.93. The number of hydrogen-bond donors (Lipinski definition) is 2. The van der Waals surface area contributed by atoms with Crippen molar-refractivity contribution in [3.05, 3.63) is 35.1 Å². The van der Waals surface area contributed by atoms with Crippen molar-refractivity contribution in [1.82, 2.24) is 5.32 Å². The zero-order chi connectivity index (χ0) is 10.8. The van der Waals surface area contributed by atoms with Crippen molar-refractivity contribution >= 4 is 0 Å². The molecule has 1 aromatic rings. The molecule has 0 amide bonds. The van der Waals surface area contributed by atoms with Crippen LogP contribution in [0.25, 0.3) is 0 Å². The van der Waals surface area contributed by atoms with E-state index in [1.807, 2.05) is 6.92 Å². The van der Waals surface area contributed by atoms with E-state index < -0.39 is 0 Å². The van der Waals surface area contributed by atoms with Gasteiger partial charge in [0.15, 0.2) is 0 Å². The Morgan fingerprint density at radius 1 is 1.47 bits per heavy atom. The molecule has 0 aliphatic carbocycles. The minimum absolute atomic E-state index is 0.161. The third-order valence-corrected chi connectivity index (χ3v) is 2.98. The Balaban J connectivity index is 2.21. The Morgan fingerprint density at radius 2 is 2.27 bits per heavy atom. The van der Waals surface area contributed by atoms with E-state index in [0.717, 1.165) is 24.1 Å². The number of aryl methyl sites for hydroxylation is 1. The number of piperidine rings is 1. The number of aliphatic hydroxyl groups is 1. The second-order valence-corrected chi connectivity index (χ2v) is 4.19. The number of nitrogens with one attached hydrogen (secondary N) is 1. The molecular weight excluding hydrogens is 193 g/mol. The smallest absolute Gasteiger partial charge is 0.123 e. The molecule has 0 spiro atoms. The first-order chi connectivity index (χ1) is 7.16. The summed E-state index contributed by atoms with van der Waals surface area (Å²) in [6.07, 6.45) is 1.28. The highest BCUT2D eigenvalue weighted by Crippen LogP contribution is 2.26. The number of hydrogen-bond acceptors (Lipinski definition) is 2. The van der Waals surface area contributed by atoms with Crippen LogP contribution < -0.4 is 5.32 Å². The van der Waals surface area contributed by atoms with Crippen molar-refractivity contribution in [2.45, 2.75) is 31.9 Å². The van der Waals surface area contributed by atoms with Gasteiger partial charge in [0, 0.05) is 6.04 Å². The van der Waals surface area contributed by atoms with Crippen molar-refractivity contribution in [3.63, 3.8) is 0 Å². The van der Waals surface area contributed by atoms with Gasteiger partial charge in [-0.1, -0.05) is 6.07 Å². The molecule has 1 saturated heterocycles. The average Bonchev–Trinajstić information content (AvgIpc) is 2.17. The fourth-order valence-corrected chi connectivity index (χ4v) is 2.16. The van der Waals surface area contributed by atoms with Crippen LogP contribution in [0.3, 0.4) is 0 Å². The van der Waals surface area contributed by atoms with Gasteiger partial charge in [-0.05, 0) is 49.6 Å². The first-order valence-corrected chi connectivity index (χ1v) is 5.34. The zero-order valence-electron chi connectivity index (χ0n) is 8.83. The molecule has 0 bridgehead atoms. The number of aliphatic hydroxyl groups excluding tert-OH is 1. The van der Waals surface area contributed by atoms with Crippen LogP contribution in [-0.2, 0) is 0 Å². The van der Waals surface area contributed by atoms with E-state index in [2.05, 4.69) is 5.32 Å². The summed E-state index contributed by atoms with van der Waals surface area (Å²) in [4.78, 5) is 0. The molecule has 15 heavy (non-hydrogen) atoms. The van der Waals surface area contributed by atoms with Gasteiger partial charge in [-0.15, -0.1) is 0 Å². The molecule has 0 aromatic heterocycles. The lowest BCUT2D eigenvalue weighted by molar-refractivity contribution is 0.116. The summed E-state index contributed by atoms with van der Waals surface area (Å²) in [7, 11) is 0. The van der Waals surface area contributed by atoms with Crippen LogP contribution in [0, 0.1) is 12.7 Å². The van der Waals surface area contributed by atoms with E-state index in [4.69, 9.17) is 0 Å². The maximum Gasteiger partial charge on any atom is 0.123 e. The van der Waals surface area contributed by atoms with Gasteiger partial charge < -0.3 is 10.4 Å². The summed E-state index contributed by atoms with van der Waals surface area (Å²) < 4.78 is 12.9. The van der Waals surface area contributed by atoms with Crippen molar-refractivity contribution in [3.8, 4) is 0 Å². The predicted octanol–water partition coefficient (Wildman–Crippen LogP) is 1.92. The molecule has 1 fully saturated rings. The monoisotopic (exact) mass is 209 g/mol. The van der Waals surface area contributed by atoms with Crippen LogP contribution in [0.5, 0.6) is 0 Å². The molecule has 2 unspecified atom stereocenters. The fraction of sp³-hybridized carbons (Fsp3) is 0.500. The van der Waals surface area contributed by atoms with E-state index in [0.29, 0.717) is 6.42 Å². The Bertz CT molecular complexity index is 353. The predicted molar refractivity (Wildman–Crippen MR) is 57.1 cm³/mol. The molecule has 2 N–H and O–H groups in total. The SMILES string of the molecule is Cc1cc(F)ccc1C1CC(O)CCN1. The highest BCUT2D eigenvalue weighted by atomic mass is 19.1.